The Morgan fingerprint density at radius 1 is 1.09 bits per heavy atom. The van der Waals surface area contributed by atoms with Gasteiger partial charge in [0.2, 0.25) is 0 Å². The maximum atomic E-state index is 12.1. The number of aromatic nitrogens is 3. The summed E-state index contributed by atoms with van der Waals surface area (Å²) in [6, 6.07) is 6.83. The standard InChI is InChI=1S/C16H12Cl3N3O/c17-10-3-9(4-11(18)6-10)5-12(23)1-2-16-21-13-7-15(19)20-8-14(13)22-16/h3-4,6-8H,1-2,5H2,(H,21,22). The molecule has 0 radical (unpaired) electrons. The van der Waals surface area contributed by atoms with Crippen LogP contribution in [0.25, 0.3) is 11.0 Å². The number of imidazole rings is 1. The lowest BCUT2D eigenvalue weighted by Crippen LogP contribution is -2.05. The van der Waals surface area contributed by atoms with Crippen molar-refractivity contribution in [3.05, 3.63) is 57.0 Å². The van der Waals surface area contributed by atoms with Gasteiger partial charge in [0.1, 0.15) is 16.8 Å². The highest BCUT2D eigenvalue weighted by Gasteiger charge is 2.09. The Kier molecular flexibility index (Phi) is 4.85. The molecule has 7 heteroatoms. The smallest absolute Gasteiger partial charge is 0.137 e. The van der Waals surface area contributed by atoms with E-state index in [4.69, 9.17) is 34.8 Å². The number of hydrogen-bond acceptors (Lipinski definition) is 3. The molecule has 4 nitrogen and oxygen atoms in total. The number of carbonyl (C=O) groups excluding carboxylic acids is 1. The molecule has 0 fully saturated rings. The molecule has 23 heavy (non-hydrogen) atoms. The molecule has 0 amide bonds. The molecule has 0 aliphatic carbocycles. The average molecular weight is 369 g/mol. The number of fused-ring (bicyclic) bond motifs is 1. The van der Waals surface area contributed by atoms with Gasteiger partial charge >= 0.3 is 0 Å². The van der Waals surface area contributed by atoms with Crippen LogP contribution in [0.4, 0.5) is 0 Å². The quantitative estimate of drug-likeness (QED) is 0.666. The SMILES string of the molecule is O=C(CCc1nc2cc(Cl)ncc2[nH]1)Cc1cc(Cl)cc(Cl)c1. The van der Waals surface area contributed by atoms with Crippen LogP contribution in [0.2, 0.25) is 15.2 Å². The van der Waals surface area contributed by atoms with Gasteiger partial charge in [-0.05, 0) is 23.8 Å². The zero-order valence-corrected chi connectivity index (χ0v) is 14.2. The van der Waals surface area contributed by atoms with Crippen molar-refractivity contribution in [1.82, 2.24) is 15.0 Å². The molecule has 118 valence electrons. The van der Waals surface area contributed by atoms with Crippen LogP contribution >= 0.6 is 34.8 Å². The fourth-order valence-electron chi connectivity index (χ4n) is 2.34. The number of ketones is 1. The maximum Gasteiger partial charge on any atom is 0.137 e. The Hall–Kier alpha value is -1.62. The number of benzene rings is 1. The summed E-state index contributed by atoms with van der Waals surface area (Å²) in [6.07, 6.45) is 2.84. The number of aromatic amines is 1. The van der Waals surface area contributed by atoms with E-state index in [1.165, 1.54) is 0 Å². The number of pyridine rings is 1. The summed E-state index contributed by atoms with van der Waals surface area (Å²) in [7, 11) is 0. The lowest BCUT2D eigenvalue weighted by molar-refractivity contribution is -0.118. The number of H-pyrrole nitrogens is 1. The molecule has 0 spiro atoms. The van der Waals surface area contributed by atoms with Crippen molar-refractivity contribution in [2.24, 2.45) is 0 Å². The van der Waals surface area contributed by atoms with Gasteiger partial charge in [0.15, 0.2) is 0 Å². The van der Waals surface area contributed by atoms with E-state index in [0.717, 1.165) is 22.4 Å². The van der Waals surface area contributed by atoms with Crippen LogP contribution in [0.3, 0.4) is 0 Å². The molecule has 0 bridgehead atoms. The van der Waals surface area contributed by atoms with Gasteiger partial charge in [-0.15, -0.1) is 0 Å². The van der Waals surface area contributed by atoms with Gasteiger partial charge in [-0.2, -0.15) is 0 Å². The number of hydrogen-bond donors (Lipinski definition) is 1. The Labute approximate surface area is 147 Å². The van der Waals surface area contributed by atoms with Crippen molar-refractivity contribution in [3.8, 4) is 0 Å². The van der Waals surface area contributed by atoms with E-state index >= 15 is 0 Å². The molecular weight excluding hydrogens is 357 g/mol. The van der Waals surface area contributed by atoms with E-state index < -0.39 is 0 Å². The van der Waals surface area contributed by atoms with Crippen LogP contribution in [0, 0.1) is 0 Å². The molecule has 2 heterocycles. The normalized spacial score (nSPS) is 11.1. The number of carbonyl (C=O) groups is 1. The third-order valence-corrected chi connectivity index (χ3v) is 3.99. The Balaban J connectivity index is 1.63. The zero-order valence-electron chi connectivity index (χ0n) is 11.9. The van der Waals surface area contributed by atoms with Crippen LogP contribution < -0.4 is 0 Å². The molecule has 3 aromatic rings. The molecule has 2 aromatic heterocycles. The first-order valence-corrected chi connectivity index (χ1v) is 8.10. The van der Waals surface area contributed by atoms with Gasteiger partial charge in [0, 0.05) is 35.4 Å². The highest BCUT2D eigenvalue weighted by Crippen LogP contribution is 2.20. The lowest BCUT2D eigenvalue weighted by atomic mass is 10.1. The first-order chi connectivity index (χ1) is 11.0. The van der Waals surface area contributed by atoms with Crippen molar-refractivity contribution >= 4 is 51.6 Å². The summed E-state index contributed by atoms with van der Waals surface area (Å²) >= 11 is 17.7. The van der Waals surface area contributed by atoms with Crippen molar-refractivity contribution in [2.45, 2.75) is 19.3 Å². The Bertz CT molecular complexity index is 856. The van der Waals surface area contributed by atoms with E-state index in [2.05, 4.69) is 15.0 Å². The van der Waals surface area contributed by atoms with Crippen molar-refractivity contribution < 1.29 is 4.79 Å². The summed E-state index contributed by atoms with van der Waals surface area (Å²) in [4.78, 5) is 23.6. The van der Waals surface area contributed by atoms with Gasteiger partial charge in [-0.25, -0.2) is 9.97 Å². The zero-order chi connectivity index (χ0) is 16.4. The van der Waals surface area contributed by atoms with Gasteiger partial charge in [0.25, 0.3) is 0 Å². The Morgan fingerprint density at radius 3 is 2.57 bits per heavy atom. The Morgan fingerprint density at radius 2 is 1.83 bits per heavy atom. The summed E-state index contributed by atoms with van der Waals surface area (Å²) in [6.45, 7) is 0. The van der Waals surface area contributed by atoms with E-state index in [1.807, 2.05) is 0 Å². The number of nitrogens with one attached hydrogen (secondary N) is 1. The first-order valence-electron chi connectivity index (χ1n) is 6.96. The molecule has 0 atom stereocenters. The second-order valence-corrected chi connectivity index (χ2v) is 6.46. The van der Waals surface area contributed by atoms with Gasteiger partial charge < -0.3 is 4.98 Å². The topological polar surface area (TPSA) is 58.6 Å². The van der Waals surface area contributed by atoms with Crippen LogP contribution in [-0.2, 0) is 17.6 Å². The predicted molar refractivity (Wildman–Crippen MR) is 92.4 cm³/mol. The molecule has 1 N–H and O–H groups in total. The average Bonchev–Trinajstić information content (AvgIpc) is 2.86. The van der Waals surface area contributed by atoms with Gasteiger partial charge in [-0.3, -0.25) is 4.79 Å². The van der Waals surface area contributed by atoms with Crippen molar-refractivity contribution in [1.29, 1.82) is 0 Å². The third-order valence-electron chi connectivity index (χ3n) is 3.35. The van der Waals surface area contributed by atoms with Crippen molar-refractivity contribution in [2.75, 3.05) is 0 Å². The van der Waals surface area contributed by atoms with E-state index in [-0.39, 0.29) is 5.78 Å². The van der Waals surface area contributed by atoms with Gasteiger partial charge in [0.05, 0.1) is 17.2 Å². The molecular formula is C16H12Cl3N3O. The second-order valence-electron chi connectivity index (χ2n) is 5.20. The summed E-state index contributed by atoms with van der Waals surface area (Å²) in [5.41, 5.74) is 2.36. The lowest BCUT2D eigenvalue weighted by Gasteiger charge is -2.02. The van der Waals surface area contributed by atoms with E-state index in [9.17, 15) is 4.79 Å². The first kappa shape index (κ1) is 16.2. The molecule has 0 aliphatic rings. The highest BCUT2D eigenvalue weighted by molar-refractivity contribution is 6.34. The fourth-order valence-corrected chi connectivity index (χ4v) is 3.07. The second kappa shape index (κ2) is 6.87. The maximum absolute atomic E-state index is 12.1. The molecule has 3 rings (SSSR count). The van der Waals surface area contributed by atoms with Gasteiger partial charge in [-0.1, -0.05) is 34.8 Å². The predicted octanol–water partition coefficient (Wildman–Crippen LogP) is 4.66. The summed E-state index contributed by atoms with van der Waals surface area (Å²) in [5.74, 6) is 0.835. The van der Waals surface area contributed by atoms with Crippen LogP contribution in [-0.4, -0.2) is 20.7 Å². The number of halogens is 3. The number of nitrogens with zero attached hydrogens (tertiary/aromatic N) is 2. The van der Waals surface area contributed by atoms with E-state index in [0.29, 0.717) is 34.5 Å². The summed E-state index contributed by atoms with van der Waals surface area (Å²) < 4.78 is 0. The molecule has 0 unspecified atom stereocenters. The fraction of sp³-hybridized carbons (Fsp3) is 0.188. The molecule has 0 saturated heterocycles. The highest BCUT2D eigenvalue weighted by atomic mass is 35.5. The minimum Gasteiger partial charge on any atom is -0.341 e. The van der Waals surface area contributed by atoms with Crippen LogP contribution in [0.15, 0.2) is 30.5 Å². The molecule has 1 aromatic carbocycles. The molecule has 0 aliphatic heterocycles. The number of aryl methyl sites for hydroxylation is 1. The minimum absolute atomic E-state index is 0.0972. The number of Topliss-reactive ketones (excluding diaryl/α,β-unsaturated/α-hetero) is 1. The van der Waals surface area contributed by atoms with Crippen LogP contribution in [0.1, 0.15) is 17.8 Å². The minimum atomic E-state index is 0.0972. The van der Waals surface area contributed by atoms with Crippen molar-refractivity contribution in [3.63, 3.8) is 0 Å². The summed E-state index contributed by atoms with van der Waals surface area (Å²) in [5, 5.41) is 1.45. The van der Waals surface area contributed by atoms with E-state index in [1.54, 1.807) is 30.5 Å². The van der Waals surface area contributed by atoms with Crippen LogP contribution in [0.5, 0.6) is 0 Å². The monoisotopic (exact) mass is 367 g/mol. The number of rotatable bonds is 5. The molecule has 0 saturated carbocycles. The third kappa shape index (κ3) is 4.22. The largest absolute Gasteiger partial charge is 0.341 e.